The lowest BCUT2D eigenvalue weighted by Gasteiger charge is -2.06. The summed E-state index contributed by atoms with van der Waals surface area (Å²) in [7, 11) is 3.64. The van der Waals surface area contributed by atoms with Crippen LogP contribution in [0.25, 0.3) is 0 Å². The van der Waals surface area contributed by atoms with E-state index in [2.05, 4.69) is 10.3 Å². The van der Waals surface area contributed by atoms with Gasteiger partial charge >= 0.3 is 6.09 Å². The number of aromatic nitrogens is 1. The Morgan fingerprint density at radius 1 is 1.31 bits per heavy atom. The lowest BCUT2D eigenvalue weighted by Crippen LogP contribution is -2.11. The van der Waals surface area contributed by atoms with Gasteiger partial charge in [0.15, 0.2) is 0 Å². The standard InChI is InChI=1S/C18H17N5O3/c1-22(2)13-20-16-6-5-15(11-14(16)12-19)21-17(24)7-10-26-18(25)23-8-3-4-9-23/h3-11,13H,1-2H3,(H,21,24)/b10-7+,20-13+. The number of carbonyl (C=O) groups is 2. The summed E-state index contributed by atoms with van der Waals surface area (Å²) < 4.78 is 6.05. The smallest absolute Gasteiger partial charge is 0.417 e. The van der Waals surface area contributed by atoms with Gasteiger partial charge in [0.1, 0.15) is 12.3 Å². The number of nitrogens with one attached hydrogen (secondary N) is 1. The van der Waals surface area contributed by atoms with Gasteiger partial charge in [0.2, 0.25) is 0 Å². The molecule has 0 aliphatic rings. The predicted octanol–water partition coefficient (Wildman–Crippen LogP) is 2.72. The summed E-state index contributed by atoms with van der Waals surface area (Å²) in [5, 5.41) is 11.8. The van der Waals surface area contributed by atoms with Crippen LogP contribution in [0.2, 0.25) is 0 Å². The molecule has 0 unspecified atom stereocenters. The van der Waals surface area contributed by atoms with Crippen LogP contribution in [-0.4, -0.2) is 41.9 Å². The van der Waals surface area contributed by atoms with Crippen LogP contribution in [0.1, 0.15) is 5.56 Å². The molecular formula is C18H17N5O3. The molecule has 1 N–H and O–H groups in total. The van der Waals surface area contributed by atoms with Crippen LogP contribution < -0.4 is 5.32 Å². The quantitative estimate of drug-likeness (QED) is 0.386. The van der Waals surface area contributed by atoms with Crippen molar-refractivity contribution in [1.82, 2.24) is 9.47 Å². The van der Waals surface area contributed by atoms with Gasteiger partial charge in [0.05, 0.1) is 17.6 Å². The number of ether oxygens (including phenoxy) is 1. The van der Waals surface area contributed by atoms with Gasteiger partial charge < -0.3 is 15.0 Å². The Kier molecular flexibility index (Phi) is 6.28. The molecule has 1 heterocycles. The maximum Gasteiger partial charge on any atom is 0.422 e. The summed E-state index contributed by atoms with van der Waals surface area (Å²) in [5.74, 6) is -0.501. The fraction of sp³-hybridized carbons (Fsp3) is 0.111. The van der Waals surface area contributed by atoms with Crippen molar-refractivity contribution in [2.45, 2.75) is 0 Å². The predicted molar refractivity (Wildman–Crippen MR) is 97.1 cm³/mol. The maximum absolute atomic E-state index is 11.9. The van der Waals surface area contributed by atoms with Crippen molar-refractivity contribution < 1.29 is 14.3 Å². The zero-order valence-electron chi connectivity index (χ0n) is 14.3. The fourth-order valence-electron chi connectivity index (χ4n) is 1.85. The molecule has 8 nitrogen and oxygen atoms in total. The topological polar surface area (TPSA) is 99.7 Å². The van der Waals surface area contributed by atoms with Gasteiger partial charge in [-0.3, -0.25) is 9.36 Å². The van der Waals surface area contributed by atoms with E-state index < -0.39 is 12.0 Å². The molecule has 0 spiro atoms. The Labute approximate surface area is 150 Å². The van der Waals surface area contributed by atoms with Crippen molar-refractivity contribution in [3.8, 4) is 6.07 Å². The normalized spacial score (nSPS) is 10.7. The molecule has 0 bridgehead atoms. The molecule has 0 fully saturated rings. The number of nitrogens with zero attached hydrogens (tertiary/aromatic N) is 4. The third-order valence-electron chi connectivity index (χ3n) is 3.02. The van der Waals surface area contributed by atoms with Gasteiger partial charge in [-0.15, -0.1) is 0 Å². The molecule has 0 aliphatic heterocycles. The second-order valence-corrected chi connectivity index (χ2v) is 5.32. The van der Waals surface area contributed by atoms with E-state index in [0.717, 1.165) is 12.3 Å². The molecule has 2 aromatic rings. The van der Waals surface area contributed by atoms with Crippen molar-refractivity contribution >= 4 is 29.7 Å². The van der Waals surface area contributed by atoms with Crippen LogP contribution in [0.4, 0.5) is 16.2 Å². The number of aliphatic imine (C=N–C) groups is 1. The highest BCUT2D eigenvalue weighted by atomic mass is 16.5. The summed E-state index contributed by atoms with van der Waals surface area (Å²) in [5.41, 5.74) is 1.25. The van der Waals surface area contributed by atoms with Crippen molar-refractivity contribution in [1.29, 1.82) is 5.26 Å². The second kappa shape index (κ2) is 8.84. The lowest BCUT2D eigenvalue weighted by atomic mass is 10.1. The Morgan fingerprint density at radius 3 is 2.69 bits per heavy atom. The molecule has 1 amide bonds. The highest BCUT2D eigenvalue weighted by Gasteiger charge is 2.05. The van der Waals surface area contributed by atoms with E-state index >= 15 is 0 Å². The van der Waals surface area contributed by atoms with Crippen molar-refractivity contribution in [2.75, 3.05) is 19.4 Å². The van der Waals surface area contributed by atoms with Gasteiger partial charge in [-0.2, -0.15) is 5.26 Å². The molecule has 0 aliphatic carbocycles. The molecule has 0 saturated carbocycles. The average molecular weight is 351 g/mol. The lowest BCUT2D eigenvalue weighted by molar-refractivity contribution is -0.112. The highest BCUT2D eigenvalue weighted by molar-refractivity contribution is 5.99. The first-order valence-electron chi connectivity index (χ1n) is 7.56. The molecule has 0 radical (unpaired) electrons. The zero-order valence-corrected chi connectivity index (χ0v) is 14.3. The summed E-state index contributed by atoms with van der Waals surface area (Å²) in [4.78, 5) is 29.4. The first-order chi connectivity index (χ1) is 12.5. The molecule has 8 heteroatoms. The monoisotopic (exact) mass is 351 g/mol. The van der Waals surface area contributed by atoms with Gasteiger partial charge in [-0.25, -0.2) is 9.79 Å². The minimum absolute atomic E-state index is 0.323. The number of nitriles is 1. The van der Waals surface area contributed by atoms with Gasteiger partial charge in [-0.05, 0) is 30.3 Å². The number of carbonyl (C=O) groups excluding carboxylic acids is 2. The average Bonchev–Trinajstić information content (AvgIpc) is 3.15. The number of rotatable bonds is 5. The molecule has 132 valence electrons. The van der Waals surface area contributed by atoms with Crippen LogP contribution in [0.15, 0.2) is 60.1 Å². The molecule has 26 heavy (non-hydrogen) atoms. The summed E-state index contributed by atoms with van der Waals surface area (Å²) in [6.07, 6.45) is 6.08. The van der Waals surface area contributed by atoms with Crippen LogP contribution in [0.5, 0.6) is 0 Å². The van der Waals surface area contributed by atoms with Crippen molar-refractivity contribution in [3.05, 3.63) is 60.6 Å². The number of anilines is 1. The van der Waals surface area contributed by atoms with Crippen molar-refractivity contribution in [2.24, 2.45) is 4.99 Å². The SMILES string of the molecule is CN(C)/C=N/c1ccc(NC(=O)/C=C/OC(=O)n2cccc2)cc1C#N. The largest absolute Gasteiger partial charge is 0.422 e. The zero-order chi connectivity index (χ0) is 18.9. The first-order valence-corrected chi connectivity index (χ1v) is 7.56. The molecule has 1 aromatic carbocycles. The van der Waals surface area contributed by atoms with E-state index in [1.807, 2.05) is 20.2 Å². The van der Waals surface area contributed by atoms with Crippen molar-refractivity contribution in [3.63, 3.8) is 0 Å². The van der Waals surface area contributed by atoms with E-state index in [1.165, 1.54) is 23.0 Å². The third kappa shape index (κ3) is 5.35. The Morgan fingerprint density at radius 2 is 2.04 bits per heavy atom. The number of amides is 1. The first kappa shape index (κ1) is 18.5. The molecule has 2 rings (SSSR count). The summed E-state index contributed by atoms with van der Waals surface area (Å²) >= 11 is 0. The second-order valence-electron chi connectivity index (χ2n) is 5.32. The number of benzene rings is 1. The van der Waals surface area contributed by atoms with Crippen LogP contribution in [0, 0.1) is 11.3 Å². The molecular weight excluding hydrogens is 334 g/mol. The Hall–Kier alpha value is -3.86. The maximum atomic E-state index is 11.9. The minimum atomic E-state index is -0.631. The van der Waals surface area contributed by atoms with E-state index in [4.69, 9.17) is 4.74 Å². The number of hydrogen-bond acceptors (Lipinski definition) is 5. The molecule has 1 aromatic heterocycles. The minimum Gasteiger partial charge on any atom is -0.417 e. The van der Waals surface area contributed by atoms with E-state index in [1.54, 1.807) is 35.5 Å². The Bertz CT molecular complexity index is 877. The highest BCUT2D eigenvalue weighted by Crippen LogP contribution is 2.22. The van der Waals surface area contributed by atoms with E-state index in [-0.39, 0.29) is 0 Å². The summed E-state index contributed by atoms with van der Waals surface area (Å²) in [6.45, 7) is 0. The summed E-state index contributed by atoms with van der Waals surface area (Å²) in [6, 6.07) is 10.2. The van der Waals surface area contributed by atoms with Crippen LogP contribution >= 0.6 is 0 Å². The van der Waals surface area contributed by atoms with E-state index in [0.29, 0.717) is 16.9 Å². The van der Waals surface area contributed by atoms with Crippen LogP contribution in [0.3, 0.4) is 0 Å². The molecule has 0 atom stereocenters. The van der Waals surface area contributed by atoms with Crippen LogP contribution in [-0.2, 0) is 9.53 Å². The Balaban J connectivity index is 1.97. The van der Waals surface area contributed by atoms with E-state index in [9.17, 15) is 14.9 Å². The number of hydrogen-bond donors (Lipinski definition) is 1. The fourth-order valence-corrected chi connectivity index (χ4v) is 1.85. The third-order valence-corrected chi connectivity index (χ3v) is 3.02. The van der Waals surface area contributed by atoms with Gasteiger partial charge in [-0.1, -0.05) is 0 Å². The van der Waals surface area contributed by atoms with Gasteiger partial charge in [0, 0.05) is 38.3 Å². The van der Waals surface area contributed by atoms with Gasteiger partial charge in [0.25, 0.3) is 5.91 Å². The molecule has 0 saturated heterocycles.